The minimum absolute atomic E-state index is 0.487. The van der Waals surface area contributed by atoms with Gasteiger partial charge in [0, 0.05) is 37.9 Å². The van der Waals surface area contributed by atoms with Crippen molar-refractivity contribution in [1.29, 1.82) is 0 Å². The van der Waals surface area contributed by atoms with E-state index in [0.717, 1.165) is 19.0 Å². The van der Waals surface area contributed by atoms with E-state index >= 15 is 0 Å². The number of benzene rings is 2. The van der Waals surface area contributed by atoms with Gasteiger partial charge < -0.3 is 10.1 Å². The third kappa shape index (κ3) is 3.70. The largest absolute Gasteiger partial charge is 0.481 e. The van der Waals surface area contributed by atoms with Gasteiger partial charge in [-0.1, -0.05) is 42.5 Å². The van der Waals surface area contributed by atoms with Crippen LogP contribution in [0.2, 0.25) is 0 Å². The Labute approximate surface area is 179 Å². The Morgan fingerprint density at radius 3 is 2.77 bits per heavy atom. The van der Waals surface area contributed by atoms with Gasteiger partial charge >= 0.3 is 0 Å². The molecule has 156 valence electrons. The van der Waals surface area contributed by atoms with Gasteiger partial charge in [-0.2, -0.15) is 0 Å². The van der Waals surface area contributed by atoms with Crippen molar-refractivity contribution in [3.05, 3.63) is 71.9 Å². The maximum Gasteiger partial charge on any atom is 0.213 e. The first-order chi connectivity index (χ1) is 14.7. The second-order valence-corrected chi connectivity index (χ2v) is 9.26. The van der Waals surface area contributed by atoms with Crippen molar-refractivity contribution in [3.8, 4) is 5.88 Å². The van der Waals surface area contributed by atoms with E-state index in [4.69, 9.17) is 4.74 Å². The molecule has 30 heavy (non-hydrogen) atoms. The number of fused-ring (bicyclic) bond motifs is 1. The van der Waals surface area contributed by atoms with Crippen LogP contribution in [0.5, 0.6) is 5.88 Å². The molecule has 0 unspecified atom stereocenters. The zero-order chi connectivity index (χ0) is 20.6. The van der Waals surface area contributed by atoms with Gasteiger partial charge in [-0.25, -0.2) is 4.98 Å². The molecule has 1 N–H and O–H groups in total. The fourth-order valence-electron chi connectivity index (χ4n) is 5.56. The Hall–Kier alpha value is -2.43. The molecule has 2 heterocycles. The third-order valence-electron chi connectivity index (χ3n) is 7.11. The number of pyridine rings is 1. The number of methoxy groups -OCH3 is 1. The average Bonchev–Trinajstić information content (AvgIpc) is 2.73. The molecule has 1 aromatic heterocycles. The van der Waals surface area contributed by atoms with Gasteiger partial charge in [0.05, 0.1) is 7.11 Å². The lowest BCUT2D eigenvalue weighted by Gasteiger charge is -2.61. The summed E-state index contributed by atoms with van der Waals surface area (Å²) in [6.07, 6.45) is 4.53. The number of aromatic nitrogens is 1. The van der Waals surface area contributed by atoms with E-state index in [9.17, 15) is 0 Å². The number of nitrogens with zero attached hydrogens (tertiary/aromatic N) is 2. The van der Waals surface area contributed by atoms with Crippen molar-refractivity contribution in [1.82, 2.24) is 15.2 Å². The molecular weight excluding hydrogens is 370 g/mol. The SMILES string of the molecule is COc1cc(CNCC2CC3(C2)CN([C@H](C)c2cccc4ccccc24)C3)ccn1. The number of rotatable bonds is 7. The lowest BCUT2D eigenvalue weighted by molar-refractivity contribution is -0.110. The van der Waals surface area contributed by atoms with E-state index in [0.29, 0.717) is 17.3 Å². The smallest absolute Gasteiger partial charge is 0.213 e. The molecule has 1 saturated carbocycles. The molecule has 1 atom stereocenters. The van der Waals surface area contributed by atoms with Gasteiger partial charge in [-0.3, -0.25) is 4.90 Å². The summed E-state index contributed by atoms with van der Waals surface area (Å²) in [6, 6.07) is 20.0. The topological polar surface area (TPSA) is 37.4 Å². The van der Waals surface area contributed by atoms with E-state index in [1.165, 1.54) is 47.8 Å². The van der Waals surface area contributed by atoms with Crippen LogP contribution >= 0.6 is 0 Å². The molecule has 2 aromatic carbocycles. The molecule has 0 radical (unpaired) electrons. The molecule has 0 bridgehead atoms. The number of hydrogen-bond donors (Lipinski definition) is 1. The highest BCUT2D eigenvalue weighted by molar-refractivity contribution is 5.86. The molecule has 3 aromatic rings. The second kappa shape index (κ2) is 8.01. The molecule has 2 aliphatic rings. The van der Waals surface area contributed by atoms with Crippen LogP contribution in [-0.4, -0.2) is 36.6 Å². The zero-order valence-corrected chi connectivity index (χ0v) is 18.0. The van der Waals surface area contributed by atoms with Crippen LogP contribution in [-0.2, 0) is 6.54 Å². The Kier molecular flexibility index (Phi) is 5.21. The van der Waals surface area contributed by atoms with E-state index in [1.807, 2.05) is 12.3 Å². The fraction of sp³-hybridized carbons (Fsp3) is 0.423. The first-order valence-corrected chi connectivity index (χ1v) is 11.1. The molecule has 4 heteroatoms. The normalized spacial score (nSPS) is 19.4. The second-order valence-electron chi connectivity index (χ2n) is 9.26. The van der Waals surface area contributed by atoms with Crippen molar-refractivity contribution in [2.75, 3.05) is 26.7 Å². The molecule has 0 amide bonds. The van der Waals surface area contributed by atoms with E-state index < -0.39 is 0 Å². The van der Waals surface area contributed by atoms with Gasteiger partial charge in [-0.05, 0) is 65.6 Å². The summed E-state index contributed by atoms with van der Waals surface area (Å²) < 4.78 is 5.21. The number of likely N-dealkylation sites (tertiary alicyclic amines) is 1. The van der Waals surface area contributed by atoms with Crippen LogP contribution in [0.25, 0.3) is 10.8 Å². The van der Waals surface area contributed by atoms with Crippen LogP contribution in [0, 0.1) is 11.3 Å². The highest BCUT2D eigenvalue weighted by Gasteiger charge is 2.52. The number of nitrogens with one attached hydrogen (secondary N) is 1. The molecule has 5 rings (SSSR count). The quantitative estimate of drug-likeness (QED) is 0.617. The van der Waals surface area contributed by atoms with Crippen molar-refractivity contribution >= 4 is 10.8 Å². The minimum atomic E-state index is 0.487. The molecule has 1 aliphatic carbocycles. The first-order valence-electron chi connectivity index (χ1n) is 11.1. The predicted molar refractivity (Wildman–Crippen MR) is 122 cm³/mol. The van der Waals surface area contributed by atoms with E-state index in [-0.39, 0.29) is 0 Å². The molecule has 4 nitrogen and oxygen atoms in total. The summed E-state index contributed by atoms with van der Waals surface area (Å²) in [5.74, 6) is 1.50. The lowest BCUT2D eigenvalue weighted by Crippen LogP contribution is -2.63. The van der Waals surface area contributed by atoms with Gasteiger partial charge in [0.25, 0.3) is 0 Å². The molecule has 1 aliphatic heterocycles. The van der Waals surface area contributed by atoms with Gasteiger partial charge in [-0.15, -0.1) is 0 Å². The zero-order valence-electron chi connectivity index (χ0n) is 18.0. The van der Waals surface area contributed by atoms with Crippen LogP contribution in [0.3, 0.4) is 0 Å². The molecular formula is C26H31N3O. The Morgan fingerprint density at radius 1 is 1.13 bits per heavy atom. The summed E-state index contributed by atoms with van der Waals surface area (Å²) in [6.45, 7) is 6.85. The minimum Gasteiger partial charge on any atom is -0.481 e. The Morgan fingerprint density at radius 2 is 1.93 bits per heavy atom. The van der Waals surface area contributed by atoms with Crippen molar-refractivity contribution in [2.24, 2.45) is 11.3 Å². The van der Waals surface area contributed by atoms with E-state index in [1.54, 1.807) is 7.11 Å². The van der Waals surface area contributed by atoms with Crippen LogP contribution in [0.1, 0.15) is 36.9 Å². The van der Waals surface area contributed by atoms with Gasteiger partial charge in [0.15, 0.2) is 0 Å². The monoisotopic (exact) mass is 401 g/mol. The summed E-state index contributed by atoms with van der Waals surface area (Å²) in [5.41, 5.74) is 3.27. The molecule has 1 spiro atoms. The maximum absolute atomic E-state index is 5.21. The maximum atomic E-state index is 5.21. The van der Waals surface area contributed by atoms with Crippen LogP contribution in [0.4, 0.5) is 0 Å². The average molecular weight is 402 g/mol. The predicted octanol–water partition coefficient (Wildman–Crippen LogP) is 4.81. The molecule has 2 fully saturated rings. The van der Waals surface area contributed by atoms with Crippen molar-refractivity contribution in [2.45, 2.75) is 32.4 Å². The Balaban J connectivity index is 1.10. The number of hydrogen-bond acceptors (Lipinski definition) is 4. The van der Waals surface area contributed by atoms with Gasteiger partial charge in [0.2, 0.25) is 5.88 Å². The highest BCUT2D eigenvalue weighted by atomic mass is 16.5. The third-order valence-corrected chi connectivity index (χ3v) is 7.11. The van der Waals surface area contributed by atoms with Gasteiger partial charge in [0.1, 0.15) is 0 Å². The summed E-state index contributed by atoms with van der Waals surface area (Å²) in [5, 5.41) is 6.37. The summed E-state index contributed by atoms with van der Waals surface area (Å²) in [7, 11) is 1.66. The summed E-state index contributed by atoms with van der Waals surface area (Å²) >= 11 is 0. The first kappa shape index (κ1) is 19.5. The standard InChI is InChI=1S/C26H31N3O/c1-19(23-9-5-7-22-6-3-4-8-24(22)23)29-17-26(18-29)13-21(14-26)16-27-15-20-10-11-28-25(12-20)30-2/h3-12,19,21,27H,13-18H2,1-2H3/t19-/m1/s1. The number of ether oxygens (including phenoxy) is 1. The van der Waals surface area contributed by atoms with E-state index in [2.05, 4.69) is 70.7 Å². The van der Waals surface area contributed by atoms with Crippen molar-refractivity contribution in [3.63, 3.8) is 0 Å². The highest BCUT2D eigenvalue weighted by Crippen LogP contribution is 2.53. The Bertz CT molecular complexity index is 1010. The fourth-order valence-corrected chi connectivity index (χ4v) is 5.56. The lowest BCUT2D eigenvalue weighted by atomic mass is 9.57. The van der Waals surface area contributed by atoms with Crippen molar-refractivity contribution < 1.29 is 4.74 Å². The van der Waals surface area contributed by atoms with Crippen LogP contribution in [0.15, 0.2) is 60.8 Å². The summed E-state index contributed by atoms with van der Waals surface area (Å²) in [4.78, 5) is 6.83. The van der Waals surface area contributed by atoms with Crippen LogP contribution < -0.4 is 10.1 Å². The molecule has 1 saturated heterocycles.